The zero-order valence-electron chi connectivity index (χ0n) is 8.71. The molecule has 1 heterocycles. The summed E-state index contributed by atoms with van der Waals surface area (Å²) >= 11 is 0. The van der Waals surface area contributed by atoms with E-state index in [2.05, 4.69) is 9.97 Å². The number of aliphatic hydroxyl groups excluding tert-OH is 1. The maximum absolute atomic E-state index is 8.92. The number of para-hydroxylation sites is 1. The van der Waals surface area contributed by atoms with Gasteiger partial charge in [-0.3, -0.25) is 0 Å². The highest BCUT2D eigenvalue weighted by atomic mass is 16.5. The Bertz CT molecular complexity index is 446. The number of benzene rings is 1. The van der Waals surface area contributed by atoms with Gasteiger partial charge in [-0.15, -0.1) is 0 Å². The molecule has 0 radical (unpaired) electrons. The summed E-state index contributed by atoms with van der Waals surface area (Å²) in [5, 5.41) is 8.92. The SMILES string of the molecule is OCc1ccnc(COc2ccccc2)n1. The Morgan fingerprint density at radius 2 is 1.94 bits per heavy atom. The highest BCUT2D eigenvalue weighted by molar-refractivity contribution is 5.21. The molecule has 0 saturated heterocycles. The number of nitrogens with zero attached hydrogens (tertiary/aromatic N) is 2. The molecule has 0 atom stereocenters. The van der Waals surface area contributed by atoms with E-state index >= 15 is 0 Å². The maximum atomic E-state index is 8.92. The molecule has 4 nitrogen and oxygen atoms in total. The second-order valence-electron chi connectivity index (χ2n) is 3.22. The largest absolute Gasteiger partial charge is 0.486 e. The van der Waals surface area contributed by atoms with Gasteiger partial charge < -0.3 is 9.84 Å². The standard InChI is InChI=1S/C12H12N2O2/c15-8-10-6-7-13-12(14-10)9-16-11-4-2-1-3-5-11/h1-7,15H,8-9H2. The van der Waals surface area contributed by atoms with Crippen LogP contribution < -0.4 is 4.74 Å². The summed E-state index contributed by atoms with van der Waals surface area (Å²) in [6.45, 7) is 0.221. The maximum Gasteiger partial charge on any atom is 0.166 e. The summed E-state index contributed by atoms with van der Waals surface area (Å²) in [6, 6.07) is 11.1. The van der Waals surface area contributed by atoms with Crippen molar-refractivity contribution >= 4 is 0 Å². The average molecular weight is 216 g/mol. The third-order valence-corrected chi connectivity index (χ3v) is 2.04. The Kier molecular flexibility index (Phi) is 3.46. The minimum atomic E-state index is -0.0825. The molecule has 0 amide bonds. The van der Waals surface area contributed by atoms with Crippen molar-refractivity contribution in [3.05, 3.63) is 54.1 Å². The Labute approximate surface area is 93.6 Å². The van der Waals surface area contributed by atoms with Gasteiger partial charge >= 0.3 is 0 Å². The predicted octanol–water partition coefficient (Wildman–Crippen LogP) is 1.55. The molecule has 16 heavy (non-hydrogen) atoms. The molecule has 0 unspecified atom stereocenters. The Hall–Kier alpha value is -1.94. The molecule has 0 spiro atoms. The predicted molar refractivity (Wildman–Crippen MR) is 58.7 cm³/mol. The molecule has 2 rings (SSSR count). The van der Waals surface area contributed by atoms with Crippen LogP contribution >= 0.6 is 0 Å². The van der Waals surface area contributed by atoms with Crippen molar-refractivity contribution in [2.45, 2.75) is 13.2 Å². The van der Waals surface area contributed by atoms with Gasteiger partial charge in [0.1, 0.15) is 12.4 Å². The average Bonchev–Trinajstić information content (AvgIpc) is 2.38. The lowest BCUT2D eigenvalue weighted by Crippen LogP contribution is -2.03. The molecule has 1 aromatic carbocycles. The van der Waals surface area contributed by atoms with E-state index in [1.54, 1.807) is 12.3 Å². The molecule has 1 N–H and O–H groups in total. The van der Waals surface area contributed by atoms with Crippen molar-refractivity contribution in [1.29, 1.82) is 0 Å². The zero-order chi connectivity index (χ0) is 11.2. The fourth-order valence-corrected chi connectivity index (χ4v) is 1.26. The summed E-state index contributed by atoms with van der Waals surface area (Å²) in [5.41, 5.74) is 0.599. The van der Waals surface area contributed by atoms with Gasteiger partial charge in [0.25, 0.3) is 0 Å². The summed E-state index contributed by atoms with van der Waals surface area (Å²) in [7, 11) is 0. The Morgan fingerprint density at radius 3 is 2.69 bits per heavy atom. The van der Waals surface area contributed by atoms with Crippen LogP contribution in [0.2, 0.25) is 0 Å². The number of aliphatic hydroxyl groups is 1. The van der Waals surface area contributed by atoms with Crippen LogP contribution in [0.5, 0.6) is 5.75 Å². The molecule has 1 aromatic heterocycles. The van der Waals surface area contributed by atoms with Crippen LogP contribution in [0, 0.1) is 0 Å². The van der Waals surface area contributed by atoms with Gasteiger partial charge in [0, 0.05) is 6.20 Å². The highest BCUT2D eigenvalue weighted by Crippen LogP contribution is 2.09. The lowest BCUT2D eigenvalue weighted by Gasteiger charge is -2.05. The van der Waals surface area contributed by atoms with Crippen LogP contribution in [0.4, 0.5) is 0 Å². The van der Waals surface area contributed by atoms with E-state index in [1.807, 2.05) is 30.3 Å². The molecule has 0 aliphatic rings. The molecule has 2 aromatic rings. The van der Waals surface area contributed by atoms with Gasteiger partial charge in [-0.05, 0) is 18.2 Å². The summed E-state index contributed by atoms with van der Waals surface area (Å²) in [5.74, 6) is 1.34. The zero-order valence-corrected chi connectivity index (χ0v) is 8.71. The highest BCUT2D eigenvalue weighted by Gasteiger charge is 1.99. The molecule has 4 heteroatoms. The van der Waals surface area contributed by atoms with Crippen molar-refractivity contribution in [1.82, 2.24) is 9.97 Å². The van der Waals surface area contributed by atoms with E-state index in [0.29, 0.717) is 18.1 Å². The van der Waals surface area contributed by atoms with Gasteiger partial charge in [0.2, 0.25) is 0 Å². The quantitative estimate of drug-likeness (QED) is 0.842. The monoisotopic (exact) mass is 216 g/mol. The topological polar surface area (TPSA) is 55.2 Å². The first kappa shape index (κ1) is 10.6. The molecule has 0 fully saturated rings. The Balaban J connectivity index is 1.99. The van der Waals surface area contributed by atoms with Crippen LogP contribution in [0.25, 0.3) is 0 Å². The molecule has 82 valence electrons. The van der Waals surface area contributed by atoms with Gasteiger partial charge in [-0.25, -0.2) is 9.97 Å². The van der Waals surface area contributed by atoms with Gasteiger partial charge in [0.05, 0.1) is 12.3 Å². The fourth-order valence-electron chi connectivity index (χ4n) is 1.26. The van der Waals surface area contributed by atoms with Crippen molar-refractivity contribution in [2.75, 3.05) is 0 Å². The second-order valence-corrected chi connectivity index (χ2v) is 3.22. The molecular formula is C12H12N2O2. The molecule has 0 aliphatic heterocycles. The first-order valence-corrected chi connectivity index (χ1v) is 4.98. The third kappa shape index (κ3) is 2.77. The second kappa shape index (κ2) is 5.23. The molecule has 0 aliphatic carbocycles. The molecule has 0 saturated carbocycles. The minimum absolute atomic E-state index is 0.0825. The smallest absolute Gasteiger partial charge is 0.166 e. The lowest BCUT2D eigenvalue weighted by atomic mass is 10.3. The fraction of sp³-hybridized carbons (Fsp3) is 0.167. The third-order valence-electron chi connectivity index (χ3n) is 2.04. The summed E-state index contributed by atoms with van der Waals surface area (Å²) < 4.78 is 5.48. The molecular weight excluding hydrogens is 204 g/mol. The van der Waals surface area contributed by atoms with E-state index in [4.69, 9.17) is 9.84 Å². The minimum Gasteiger partial charge on any atom is -0.486 e. The van der Waals surface area contributed by atoms with E-state index in [-0.39, 0.29) is 6.61 Å². The number of hydrogen-bond acceptors (Lipinski definition) is 4. The first-order valence-electron chi connectivity index (χ1n) is 4.98. The number of aromatic nitrogens is 2. The van der Waals surface area contributed by atoms with Crippen molar-refractivity contribution in [3.63, 3.8) is 0 Å². The summed E-state index contributed by atoms with van der Waals surface area (Å²) in [6.07, 6.45) is 1.61. The van der Waals surface area contributed by atoms with Crippen LogP contribution in [-0.2, 0) is 13.2 Å². The number of ether oxygens (including phenoxy) is 1. The van der Waals surface area contributed by atoms with Gasteiger partial charge in [-0.2, -0.15) is 0 Å². The van der Waals surface area contributed by atoms with Gasteiger partial charge in [-0.1, -0.05) is 18.2 Å². The number of hydrogen-bond donors (Lipinski definition) is 1. The van der Waals surface area contributed by atoms with E-state index in [9.17, 15) is 0 Å². The normalized spacial score (nSPS) is 10.1. The van der Waals surface area contributed by atoms with Crippen molar-refractivity contribution in [2.24, 2.45) is 0 Å². The van der Waals surface area contributed by atoms with Gasteiger partial charge in [0.15, 0.2) is 5.82 Å². The van der Waals surface area contributed by atoms with Crippen LogP contribution in [0.1, 0.15) is 11.5 Å². The van der Waals surface area contributed by atoms with Crippen molar-refractivity contribution in [3.8, 4) is 5.75 Å². The Morgan fingerprint density at radius 1 is 1.12 bits per heavy atom. The summed E-state index contributed by atoms with van der Waals surface area (Å²) in [4.78, 5) is 8.18. The van der Waals surface area contributed by atoms with E-state index in [1.165, 1.54) is 0 Å². The van der Waals surface area contributed by atoms with E-state index < -0.39 is 0 Å². The first-order chi connectivity index (χ1) is 7.88. The van der Waals surface area contributed by atoms with Crippen molar-refractivity contribution < 1.29 is 9.84 Å². The van der Waals surface area contributed by atoms with E-state index in [0.717, 1.165) is 5.75 Å². The van der Waals surface area contributed by atoms with Crippen LogP contribution in [0.15, 0.2) is 42.6 Å². The lowest BCUT2D eigenvalue weighted by molar-refractivity contribution is 0.270. The molecule has 0 bridgehead atoms. The van der Waals surface area contributed by atoms with Crippen LogP contribution in [0.3, 0.4) is 0 Å². The number of rotatable bonds is 4. The van der Waals surface area contributed by atoms with Crippen LogP contribution in [-0.4, -0.2) is 15.1 Å².